The van der Waals surface area contributed by atoms with E-state index >= 15 is 0 Å². The third kappa shape index (κ3) is 7.61. The van der Waals surface area contributed by atoms with Crippen molar-refractivity contribution in [1.82, 2.24) is 4.90 Å². The molecule has 0 bridgehead atoms. The van der Waals surface area contributed by atoms with Crippen molar-refractivity contribution in [2.45, 2.75) is 46.6 Å². The van der Waals surface area contributed by atoms with E-state index in [0.717, 1.165) is 55.1 Å². The maximum atomic E-state index is 5.90. The molecule has 0 saturated carbocycles. The van der Waals surface area contributed by atoms with Gasteiger partial charge in [0.2, 0.25) is 0 Å². The van der Waals surface area contributed by atoms with Crippen LogP contribution in [0.3, 0.4) is 0 Å². The van der Waals surface area contributed by atoms with Crippen molar-refractivity contribution in [1.29, 1.82) is 0 Å². The van der Waals surface area contributed by atoms with Crippen LogP contribution in [0.5, 0.6) is 5.75 Å². The van der Waals surface area contributed by atoms with Gasteiger partial charge >= 0.3 is 0 Å². The Labute approximate surface area is 144 Å². The summed E-state index contributed by atoms with van der Waals surface area (Å²) in [4.78, 5) is 2.36. The van der Waals surface area contributed by atoms with Gasteiger partial charge in [-0.2, -0.15) is 0 Å². The van der Waals surface area contributed by atoms with E-state index in [2.05, 4.69) is 47.7 Å². The largest absolute Gasteiger partial charge is 0.493 e. The standard InChI is InChI=1S/C18H30BrNO2/c1-4-7-8-12-22-18-10-9-17(19)14-16(18)15-21-13-11-20(5-2)6-3/h9-10,14H,4-8,11-13,15H2,1-3H3. The minimum absolute atomic E-state index is 0.601. The number of nitrogens with zero attached hydrogens (tertiary/aromatic N) is 1. The summed E-state index contributed by atoms with van der Waals surface area (Å²) in [5.74, 6) is 0.946. The van der Waals surface area contributed by atoms with Crippen LogP contribution >= 0.6 is 15.9 Å². The van der Waals surface area contributed by atoms with Crippen LogP contribution in [-0.2, 0) is 11.3 Å². The van der Waals surface area contributed by atoms with Crippen molar-refractivity contribution in [3.05, 3.63) is 28.2 Å². The molecule has 1 rings (SSSR count). The van der Waals surface area contributed by atoms with Crippen LogP contribution in [0.2, 0.25) is 0 Å². The minimum Gasteiger partial charge on any atom is -0.493 e. The third-order valence-electron chi connectivity index (χ3n) is 3.73. The molecular weight excluding hydrogens is 342 g/mol. The van der Waals surface area contributed by atoms with E-state index in [4.69, 9.17) is 9.47 Å². The van der Waals surface area contributed by atoms with E-state index < -0.39 is 0 Å². The van der Waals surface area contributed by atoms with Crippen molar-refractivity contribution >= 4 is 15.9 Å². The van der Waals surface area contributed by atoms with Gasteiger partial charge < -0.3 is 14.4 Å². The molecule has 3 nitrogen and oxygen atoms in total. The molecule has 1 aromatic rings. The number of likely N-dealkylation sites (N-methyl/N-ethyl adjacent to an activating group) is 1. The van der Waals surface area contributed by atoms with Crippen molar-refractivity contribution < 1.29 is 9.47 Å². The lowest BCUT2D eigenvalue weighted by Gasteiger charge is -2.18. The zero-order valence-corrected chi connectivity index (χ0v) is 15.8. The van der Waals surface area contributed by atoms with Gasteiger partial charge in [-0.25, -0.2) is 0 Å². The van der Waals surface area contributed by atoms with Gasteiger partial charge in [-0.3, -0.25) is 0 Å². The number of hydrogen-bond donors (Lipinski definition) is 0. The molecule has 0 heterocycles. The Balaban J connectivity index is 2.44. The number of rotatable bonds is 12. The van der Waals surface area contributed by atoms with Crippen molar-refractivity contribution in [3.63, 3.8) is 0 Å². The second-order valence-electron chi connectivity index (χ2n) is 5.39. The van der Waals surface area contributed by atoms with Gasteiger partial charge in [0, 0.05) is 16.6 Å². The number of halogens is 1. The normalized spacial score (nSPS) is 11.1. The van der Waals surface area contributed by atoms with Crippen molar-refractivity contribution in [2.75, 3.05) is 32.8 Å². The molecule has 0 aliphatic carbocycles. The van der Waals surface area contributed by atoms with Crippen LogP contribution < -0.4 is 4.74 Å². The molecule has 0 fully saturated rings. The van der Waals surface area contributed by atoms with Crippen molar-refractivity contribution in [2.24, 2.45) is 0 Å². The fraction of sp³-hybridized carbons (Fsp3) is 0.667. The Kier molecular flexibility index (Phi) is 10.5. The van der Waals surface area contributed by atoms with Gasteiger partial charge in [0.25, 0.3) is 0 Å². The van der Waals surface area contributed by atoms with Crippen LogP contribution in [0.15, 0.2) is 22.7 Å². The Morgan fingerprint density at radius 3 is 2.50 bits per heavy atom. The molecule has 0 amide bonds. The predicted octanol–water partition coefficient (Wildman–Crippen LogP) is 4.88. The molecule has 1 aromatic carbocycles. The van der Waals surface area contributed by atoms with Gasteiger partial charge in [-0.15, -0.1) is 0 Å². The average molecular weight is 372 g/mol. The van der Waals surface area contributed by atoms with Crippen LogP contribution in [0.25, 0.3) is 0 Å². The summed E-state index contributed by atoms with van der Waals surface area (Å²) < 4.78 is 12.8. The van der Waals surface area contributed by atoms with Gasteiger partial charge in [-0.05, 0) is 37.7 Å². The van der Waals surface area contributed by atoms with Crippen LogP contribution in [0.1, 0.15) is 45.6 Å². The maximum absolute atomic E-state index is 5.90. The summed E-state index contributed by atoms with van der Waals surface area (Å²) in [6.45, 7) is 11.8. The Hall–Kier alpha value is -0.580. The molecule has 0 aliphatic heterocycles. The number of benzene rings is 1. The maximum Gasteiger partial charge on any atom is 0.124 e. The molecule has 22 heavy (non-hydrogen) atoms. The van der Waals surface area contributed by atoms with Crippen LogP contribution in [-0.4, -0.2) is 37.7 Å². The van der Waals surface area contributed by atoms with Crippen LogP contribution in [0.4, 0.5) is 0 Å². The SMILES string of the molecule is CCCCCOc1ccc(Br)cc1COCCN(CC)CC. The zero-order chi connectivity index (χ0) is 16.2. The van der Waals surface area contributed by atoms with Gasteiger partial charge in [0.05, 0.1) is 19.8 Å². The molecular formula is C18H30BrNO2. The first-order valence-electron chi connectivity index (χ1n) is 8.42. The molecule has 126 valence electrons. The molecule has 0 saturated heterocycles. The van der Waals surface area contributed by atoms with Gasteiger partial charge in [0.15, 0.2) is 0 Å². The highest BCUT2D eigenvalue weighted by molar-refractivity contribution is 9.10. The molecule has 4 heteroatoms. The van der Waals surface area contributed by atoms with Crippen LogP contribution in [0, 0.1) is 0 Å². The lowest BCUT2D eigenvalue weighted by Crippen LogP contribution is -2.27. The lowest BCUT2D eigenvalue weighted by molar-refractivity contribution is 0.0937. The lowest BCUT2D eigenvalue weighted by atomic mass is 10.2. The minimum atomic E-state index is 0.601. The van der Waals surface area contributed by atoms with E-state index in [1.54, 1.807) is 0 Å². The highest BCUT2D eigenvalue weighted by Crippen LogP contribution is 2.24. The molecule has 0 radical (unpaired) electrons. The van der Waals surface area contributed by atoms with E-state index in [-0.39, 0.29) is 0 Å². The highest BCUT2D eigenvalue weighted by Gasteiger charge is 2.06. The first-order chi connectivity index (χ1) is 10.7. The van der Waals surface area contributed by atoms with Gasteiger partial charge in [-0.1, -0.05) is 49.5 Å². The molecule has 0 atom stereocenters. The average Bonchev–Trinajstić information content (AvgIpc) is 2.53. The van der Waals surface area contributed by atoms with Crippen molar-refractivity contribution in [3.8, 4) is 5.75 Å². The summed E-state index contributed by atoms with van der Waals surface area (Å²) >= 11 is 3.52. The second kappa shape index (κ2) is 11.9. The van der Waals surface area contributed by atoms with E-state index in [9.17, 15) is 0 Å². The Morgan fingerprint density at radius 2 is 1.82 bits per heavy atom. The summed E-state index contributed by atoms with van der Waals surface area (Å²) in [6, 6.07) is 6.14. The fourth-order valence-corrected chi connectivity index (χ4v) is 2.66. The predicted molar refractivity (Wildman–Crippen MR) is 96.6 cm³/mol. The summed E-state index contributed by atoms with van der Waals surface area (Å²) in [5.41, 5.74) is 1.12. The fourth-order valence-electron chi connectivity index (χ4n) is 2.25. The molecule has 0 N–H and O–H groups in total. The van der Waals surface area contributed by atoms with E-state index in [0.29, 0.717) is 6.61 Å². The molecule has 0 spiro atoms. The third-order valence-corrected chi connectivity index (χ3v) is 4.23. The van der Waals surface area contributed by atoms with E-state index in [1.807, 2.05) is 12.1 Å². The zero-order valence-electron chi connectivity index (χ0n) is 14.2. The monoisotopic (exact) mass is 371 g/mol. The quantitative estimate of drug-likeness (QED) is 0.488. The number of unbranched alkanes of at least 4 members (excludes halogenated alkanes) is 2. The topological polar surface area (TPSA) is 21.7 Å². The summed E-state index contributed by atoms with van der Waals surface area (Å²) in [5, 5.41) is 0. The first kappa shape index (κ1) is 19.5. The number of hydrogen-bond acceptors (Lipinski definition) is 3. The smallest absolute Gasteiger partial charge is 0.124 e. The van der Waals surface area contributed by atoms with E-state index in [1.165, 1.54) is 12.8 Å². The Bertz CT molecular complexity index is 408. The molecule has 0 aromatic heterocycles. The Morgan fingerprint density at radius 1 is 1.05 bits per heavy atom. The molecule has 0 unspecified atom stereocenters. The number of ether oxygens (including phenoxy) is 2. The molecule has 0 aliphatic rings. The highest BCUT2D eigenvalue weighted by atomic mass is 79.9. The first-order valence-corrected chi connectivity index (χ1v) is 9.21. The van der Waals surface area contributed by atoms with Gasteiger partial charge in [0.1, 0.15) is 5.75 Å². The second-order valence-corrected chi connectivity index (χ2v) is 6.30. The summed E-state index contributed by atoms with van der Waals surface area (Å²) in [6.07, 6.45) is 3.53. The summed E-state index contributed by atoms with van der Waals surface area (Å²) in [7, 11) is 0.